The molecule has 35 heavy (non-hydrogen) atoms. The Balaban J connectivity index is 1.71. The van der Waals surface area contributed by atoms with E-state index in [0.717, 1.165) is 32.5 Å². The highest BCUT2D eigenvalue weighted by Gasteiger charge is 2.18. The van der Waals surface area contributed by atoms with Crippen LogP contribution in [0, 0.1) is 5.92 Å². The van der Waals surface area contributed by atoms with Gasteiger partial charge in [-0.15, -0.1) is 0 Å². The molecule has 4 heterocycles. The van der Waals surface area contributed by atoms with Crippen LogP contribution in [0.2, 0.25) is 0 Å². The number of anilines is 1. The van der Waals surface area contributed by atoms with E-state index in [1.165, 1.54) is 14.2 Å². The van der Waals surface area contributed by atoms with Crippen molar-refractivity contribution in [1.29, 1.82) is 0 Å². The number of ether oxygens (including phenoxy) is 4. The third-order valence-corrected chi connectivity index (χ3v) is 5.88. The normalized spacial score (nSPS) is 14.3. The Bertz CT molecular complexity index is 1190. The Kier molecular flexibility index (Phi) is 8.43. The zero-order valence-corrected chi connectivity index (χ0v) is 20.5. The fraction of sp³-hybridized carbons (Fsp3) is 0.542. The molecule has 0 amide bonds. The van der Waals surface area contributed by atoms with Gasteiger partial charge < -0.3 is 24.3 Å². The van der Waals surface area contributed by atoms with Crippen molar-refractivity contribution in [3.8, 4) is 23.1 Å². The zero-order chi connectivity index (χ0) is 24.6. The first kappa shape index (κ1) is 24.8. The van der Waals surface area contributed by atoms with Crippen molar-refractivity contribution in [3.05, 3.63) is 28.7 Å². The lowest BCUT2D eigenvalue weighted by atomic mass is 10.0. The van der Waals surface area contributed by atoms with Crippen LogP contribution in [0.3, 0.4) is 0 Å². The Morgan fingerprint density at radius 1 is 1.11 bits per heavy atom. The SMILES string of the molecule is CCCOCCn1c(=O)c(NCC2CCOCC2)nc2ccc(-c3cnc(OC)nc3OC)nc21. The summed E-state index contributed by atoms with van der Waals surface area (Å²) in [6, 6.07) is 3.84. The second-order valence-electron chi connectivity index (χ2n) is 8.29. The van der Waals surface area contributed by atoms with Crippen molar-refractivity contribution in [2.45, 2.75) is 32.7 Å². The standard InChI is InChI=1S/C24H32N6O5/c1-4-10-34-13-9-30-21-19(27-20(23(30)31)25-14-16-7-11-35-12-8-16)6-5-18(28-21)17-15-26-24(33-3)29-22(17)32-2/h5-6,15-16H,4,7-14H2,1-3H3,(H,25,27). The van der Waals surface area contributed by atoms with Crippen molar-refractivity contribution in [2.24, 2.45) is 5.92 Å². The van der Waals surface area contributed by atoms with Crippen molar-refractivity contribution in [1.82, 2.24) is 24.5 Å². The number of methoxy groups -OCH3 is 2. The van der Waals surface area contributed by atoms with E-state index in [2.05, 4.69) is 20.3 Å². The Morgan fingerprint density at radius 2 is 1.94 bits per heavy atom. The summed E-state index contributed by atoms with van der Waals surface area (Å²) < 4.78 is 23.2. The third-order valence-electron chi connectivity index (χ3n) is 5.88. The molecule has 3 aromatic rings. The van der Waals surface area contributed by atoms with E-state index < -0.39 is 0 Å². The maximum atomic E-state index is 13.4. The minimum Gasteiger partial charge on any atom is -0.480 e. The molecule has 0 atom stereocenters. The lowest BCUT2D eigenvalue weighted by molar-refractivity contribution is 0.0699. The molecule has 1 N–H and O–H groups in total. The lowest BCUT2D eigenvalue weighted by Crippen LogP contribution is -2.30. The number of aromatic nitrogens is 5. The van der Waals surface area contributed by atoms with Gasteiger partial charge in [0.05, 0.1) is 38.6 Å². The predicted molar refractivity (Wildman–Crippen MR) is 131 cm³/mol. The molecule has 0 aromatic carbocycles. The van der Waals surface area contributed by atoms with E-state index in [-0.39, 0.29) is 11.6 Å². The average molecular weight is 485 g/mol. The topological polar surface area (TPSA) is 123 Å². The highest BCUT2D eigenvalue weighted by atomic mass is 16.5. The van der Waals surface area contributed by atoms with Crippen LogP contribution in [0.15, 0.2) is 23.1 Å². The van der Waals surface area contributed by atoms with Crippen LogP contribution in [0.5, 0.6) is 11.9 Å². The molecule has 3 aromatic heterocycles. The van der Waals surface area contributed by atoms with Crippen LogP contribution in [0.25, 0.3) is 22.4 Å². The van der Waals surface area contributed by atoms with E-state index in [4.69, 9.17) is 23.9 Å². The Labute approximate surface area is 203 Å². The number of hydrogen-bond acceptors (Lipinski definition) is 10. The molecule has 0 radical (unpaired) electrons. The number of pyridine rings is 1. The van der Waals surface area contributed by atoms with Gasteiger partial charge in [-0.1, -0.05) is 6.92 Å². The molecule has 1 aliphatic rings. The molecule has 1 aliphatic heterocycles. The Hall–Kier alpha value is -3.31. The van der Waals surface area contributed by atoms with Gasteiger partial charge in [0, 0.05) is 32.6 Å². The molecule has 0 spiro atoms. The second-order valence-corrected chi connectivity index (χ2v) is 8.29. The molecule has 4 rings (SSSR count). The van der Waals surface area contributed by atoms with Gasteiger partial charge in [-0.05, 0) is 37.3 Å². The van der Waals surface area contributed by atoms with Gasteiger partial charge in [-0.25, -0.2) is 15.0 Å². The van der Waals surface area contributed by atoms with Gasteiger partial charge in [0.1, 0.15) is 5.52 Å². The Morgan fingerprint density at radius 3 is 2.69 bits per heavy atom. The van der Waals surface area contributed by atoms with Crippen LogP contribution in [-0.2, 0) is 16.0 Å². The number of fused-ring (bicyclic) bond motifs is 1. The van der Waals surface area contributed by atoms with Gasteiger partial charge >= 0.3 is 6.01 Å². The first-order valence-corrected chi connectivity index (χ1v) is 11.9. The molecule has 0 saturated carbocycles. The van der Waals surface area contributed by atoms with Crippen molar-refractivity contribution < 1.29 is 18.9 Å². The third kappa shape index (κ3) is 5.85. The molecule has 0 bridgehead atoms. The quantitative estimate of drug-likeness (QED) is 0.406. The summed E-state index contributed by atoms with van der Waals surface area (Å²) in [6.07, 6.45) is 4.43. The molecule has 11 heteroatoms. The molecule has 188 valence electrons. The number of hydrogen-bond donors (Lipinski definition) is 1. The van der Waals surface area contributed by atoms with Crippen LogP contribution in [0.1, 0.15) is 26.2 Å². The highest BCUT2D eigenvalue weighted by molar-refractivity contribution is 5.77. The summed E-state index contributed by atoms with van der Waals surface area (Å²) in [7, 11) is 3.01. The largest absolute Gasteiger partial charge is 0.480 e. The van der Waals surface area contributed by atoms with E-state index in [0.29, 0.717) is 66.3 Å². The summed E-state index contributed by atoms with van der Waals surface area (Å²) in [4.78, 5) is 31.2. The van der Waals surface area contributed by atoms with Crippen molar-refractivity contribution in [3.63, 3.8) is 0 Å². The first-order chi connectivity index (χ1) is 17.1. The molecule has 0 unspecified atom stereocenters. The summed E-state index contributed by atoms with van der Waals surface area (Å²) in [5.74, 6) is 1.09. The van der Waals surface area contributed by atoms with Crippen molar-refractivity contribution >= 4 is 17.0 Å². The monoisotopic (exact) mass is 484 g/mol. The van der Waals surface area contributed by atoms with Crippen LogP contribution >= 0.6 is 0 Å². The van der Waals surface area contributed by atoms with Crippen LogP contribution in [0.4, 0.5) is 5.82 Å². The van der Waals surface area contributed by atoms with Gasteiger partial charge in [0.2, 0.25) is 5.88 Å². The van der Waals surface area contributed by atoms with E-state index >= 15 is 0 Å². The van der Waals surface area contributed by atoms with Crippen LogP contribution in [-0.4, -0.2) is 71.7 Å². The molecule has 1 fully saturated rings. The summed E-state index contributed by atoms with van der Waals surface area (Å²) in [5.41, 5.74) is 1.98. The van der Waals surface area contributed by atoms with Gasteiger partial charge in [0.15, 0.2) is 11.5 Å². The molecular formula is C24H32N6O5. The highest BCUT2D eigenvalue weighted by Crippen LogP contribution is 2.28. The molecular weight excluding hydrogens is 452 g/mol. The molecule has 1 saturated heterocycles. The zero-order valence-electron chi connectivity index (χ0n) is 20.5. The summed E-state index contributed by atoms with van der Waals surface area (Å²) >= 11 is 0. The number of nitrogens with one attached hydrogen (secondary N) is 1. The van der Waals surface area contributed by atoms with Crippen molar-refractivity contribution in [2.75, 3.05) is 52.5 Å². The fourth-order valence-electron chi connectivity index (χ4n) is 3.97. The average Bonchev–Trinajstić information content (AvgIpc) is 2.91. The molecule has 0 aliphatic carbocycles. The predicted octanol–water partition coefficient (Wildman–Crippen LogP) is 2.53. The maximum absolute atomic E-state index is 13.4. The number of nitrogens with zero attached hydrogens (tertiary/aromatic N) is 5. The smallest absolute Gasteiger partial charge is 0.319 e. The van der Waals surface area contributed by atoms with E-state index in [1.807, 2.05) is 19.1 Å². The van der Waals surface area contributed by atoms with Gasteiger partial charge in [-0.2, -0.15) is 4.98 Å². The van der Waals surface area contributed by atoms with Gasteiger partial charge in [0.25, 0.3) is 5.56 Å². The second kappa shape index (κ2) is 11.9. The summed E-state index contributed by atoms with van der Waals surface area (Å²) in [5, 5.41) is 3.27. The minimum absolute atomic E-state index is 0.193. The number of rotatable bonds is 11. The lowest BCUT2D eigenvalue weighted by Gasteiger charge is -2.22. The van der Waals surface area contributed by atoms with E-state index in [9.17, 15) is 4.79 Å². The van der Waals surface area contributed by atoms with Gasteiger partial charge in [-0.3, -0.25) is 9.36 Å². The van der Waals surface area contributed by atoms with E-state index in [1.54, 1.807) is 10.8 Å². The first-order valence-electron chi connectivity index (χ1n) is 11.9. The summed E-state index contributed by atoms with van der Waals surface area (Å²) in [6.45, 7) is 5.61. The minimum atomic E-state index is -0.229. The molecule has 11 nitrogen and oxygen atoms in total. The fourth-order valence-corrected chi connectivity index (χ4v) is 3.97. The maximum Gasteiger partial charge on any atom is 0.319 e. The van der Waals surface area contributed by atoms with Crippen LogP contribution < -0.4 is 20.3 Å².